The highest BCUT2D eigenvalue weighted by atomic mass is 19.4. The summed E-state index contributed by atoms with van der Waals surface area (Å²) in [5, 5.41) is 0. The largest absolute Gasteiger partial charge is 0.416 e. The molecule has 2 fully saturated rings. The molecule has 0 bridgehead atoms. The summed E-state index contributed by atoms with van der Waals surface area (Å²) in [5.74, 6) is -0.949. The molecule has 29 heavy (non-hydrogen) atoms. The molecule has 0 aliphatic carbocycles. The van der Waals surface area contributed by atoms with Crippen LogP contribution in [0, 0.1) is 5.82 Å². The van der Waals surface area contributed by atoms with Crippen LogP contribution in [-0.4, -0.2) is 57.7 Å². The molecule has 2 aromatic rings. The first-order valence-electron chi connectivity index (χ1n) is 9.30. The van der Waals surface area contributed by atoms with E-state index < -0.39 is 17.6 Å². The van der Waals surface area contributed by atoms with Crippen molar-refractivity contribution in [2.24, 2.45) is 0 Å². The number of imidazole rings is 1. The SMILES string of the molecule is O=C(N1CC(OCc2ccc(C(F)(F)F)cc2F)C1)N1CCC(n2ccnc2)C1. The Morgan fingerprint density at radius 2 is 2.00 bits per heavy atom. The number of alkyl halides is 3. The monoisotopic (exact) mass is 412 g/mol. The molecule has 10 heteroatoms. The van der Waals surface area contributed by atoms with Gasteiger partial charge in [0.15, 0.2) is 0 Å². The normalized spacial score (nSPS) is 20.2. The third-order valence-corrected chi connectivity index (χ3v) is 5.35. The molecule has 1 aromatic carbocycles. The molecule has 1 atom stereocenters. The molecule has 2 saturated heterocycles. The molecule has 1 aromatic heterocycles. The number of hydrogen-bond donors (Lipinski definition) is 0. The minimum Gasteiger partial charge on any atom is -0.370 e. The van der Waals surface area contributed by atoms with Crippen molar-refractivity contribution in [1.29, 1.82) is 0 Å². The molecule has 4 rings (SSSR count). The standard InChI is InChI=1S/C19H20F4N4O2/c20-17-7-14(19(21,22)23)2-1-13(17)11-29-16-9-27(10-16)18(28)25-5-3-15(8-25)26-6-4-24-12-26/h1-2,4,6-7,12,15-16H,3,5,8-11H2. The van der Waals surface area contributed by atoms with Gasteiger partial charge >= 0.3 is 12.2 Å². The van der Waals surface area contributed by atoms with Crippen molar-refractivity contribution in [3.05, 3.63) is 53.9 Å². The van der Waals surface area contributed by atoms with Crippen molar-refractivity contribution < 1.29 is 27.1 Å². The number of likely N-dealkylation sites (tertiary alicyclic amines) is 2. The molecule has 0 N–H and O–H groups in total. The average molecular weight is 412 g/mol. The van der Waals surface area contributed by atoms with Crippen LogP contribution < -0.4 is 0 Å². The number of ether oxygens (including phenoxy) is 1. The highest BCUT2D eigenvalue weighted by Gasteiger charge is 2.37. The van der Waals surface area contributed by atoms with Gasteiger partial charge in [-0.05, 0) is 18.6 Å². The van der Waals surface area contributed by atoms with E-state index >= 15 is 0 Å². The highest BCUT2D eigenvalue weighted by Crippen LogP contribution is 2.30. The first kappa shape index (κ1) is 19.7. The lowest BCUT2D eigenvalue weighted by atomic mass is 10.1. The summed E-state index contributed by atoms with van der Waals surface area (Å²) in [5.41, 5.74) is -0.968. The zero-order valence-corrected chi connectivity index (χ0v) is 15.5. The predicted molar refractivity (Wildman–Crippen MR) is 94.4 cm³/mol. The number of aromatic nitrogens is 2. The van der Waals surface area contributed by atoms with Gasteiger partial charge in [0.25, 0.3) is 0 Å². The average Bonchev–Trinajstić information content (AvgIpc) is 3.31. The van der Waals surface area contributed by atoms with Gasteiger partial charge in [-0.15, -0.1) is 0 Å². The Morgan fingerprint density at radius 1 is 1.21 bits per heavy atom. The maximum Gasteiger partial charge on any atom is 0.416 e. The lowest BCUT2D eigenvalue weighted by molar-refractivity contribution is -0.137. The molecule has 0 radical (unpaired) electrons. The van der Waals surface area contributed by atoms with Crippen molar-refractivity contribution >= 4 is 6.03 Å². The quantitative estimate of drug-likeness (QED) is 0.724. The Labute approximate surface area is 164 Å². The topological polar surface area (TPSA) is 50.6 Å². The first-order valence-corrected chi connectivity index (χ1v) is 9.30. The third-order valence-electron chi connectivity index (χ3n) is 5.35. The number of hydrogen-bond acceptors (Lipinski definition) is 3. The number of carbonyl (C=O) groups excluding carboxylic acids is 1. The molecular formula is C19H20F4N4O2. The molecule has 156 valence electrons. The summed E-state index contributed by atoms with van der Waals surface area (Å²) in [6.07, 6.45) is 1.36. The van der Waals surface area contributed by atoms with Crippen LogP contribution in [0.3, 0.4) is 0 Å². The van der Waals surface area contributed by atoms with Crippen molar-refractivity contribution in [3.63, 3.8) is 0 Å². The fourth-order valence-electron chi connectivity index (χ4n) is 3.59. The van der Waals surface area contributed by atoms with E-state index in [1.54, 1.807) is 22.3 Å². The van der Waals surface area contributed by atoms with E-state index in [2.05, 4.69) is 4.98 Å². The van der Waals surface area contributed by atoms with Gasteiger partial charge < -0.3 is 19.1 Å². The fourth-order valence-corrected chi connectivity index (χ4v) is 3.59. The van der Waals surface area contributed by atoms with Gasteiger partial charge in [-0.2, -0.15) is 13.2 Å². The summed E-state index contributed by atoms with van der Waals surface area (Å²) in [6.45, 7) is 1.91. The molecule has 3 heterocycles. The molecule has 2 aliphatic rings. The lowest BCUT2D eigenvalue weighted by Crippen LogP contribution is -2.58. The van der Waals surface area contributed by atoms with Gasteiger partial charge in [-0.1, -0.05) is 6.07 Å². The summed E-state index contributed by atoms with van der Waals surface area (Å²) >= 11 is 0. The highest BCUT2D eigenvalue weighted by molar-refractivity contribution is 5.75. The Bertz CT molecular complexity index is 866. The molecule has 6 nitrogen and oxygen atoms in total. The van der Waals surface area contributed by atoms with E-state index in [0.29, 0.717) is 32.2 Å². The Kier molecular flexibility index (Phi) is 5.20. The van der Waals surface area contributed by atoms with Gasteiger partial charge in [-0.25, -0.2) is 14.2 Å². The second-order valence-electron chi connectivity index (χ2n) is 7.32. The fraction of sp³-hybridized carbons (Fsp3) is 0.474. The maximum absolute atomic E-state index is 13.9. The second kappa shape index (κ2) is 7.66. The summed E-state index contributed by atoms with van der Waals surface area (Å²) in [6, 6.07) is 2.55. The number of urea groups is 1. The van der Waals surface area contributed by atoms with Crippen LogP contribution in [0.1, 0.15) is 23.6 Å². The summed E-state index contributed by atoms with van der Waals surface area (Å²) in [4.78, 5) is 20.0. The number of carbonyl (C=O) groups is 1. The number of halogens is 4. The van der Waals surface area contributed by atoms with E-state index in [1.165, 1.54) is 0 Å². The lowest BCUT2D eigenvalue weighted by Gasteiger charge is -2.40. The van der Waals surface area contributed by atoms with Gasteiger partial charge in [-0.3, -0.25) is 0 Å². The van der Waals surface area contributed by atoms with Crippen LogP contribution in [0.25, 0.3) is 0 Å². The van der Waals surface area contributed by atoms with Crippen LogP contribution in [0.15, 0.2) is 36.9 Å². The zero-order valence-electron chi connectivity index (χ0n) is 15.5. The van der Waals surface area contributed by atoms with Crippen LogP contribution in [0.5, 0.6) is 0 Å². The van der Waals surface area contributed by atoms with E-state index in [9.17, 15) is 22.4 Å². The van der Waals surface area contributed by atoms with Crippen molar-refractivity contribution in [1.82, 2.24) is 19.4 Å². The molecule has 1 unspecified atom stereocenters. The molecule has 0 spiro atoms. The van der Waals surface area contributed by atoms with Crippen molar-refractivity contribution in [2.45, 2.75) is 31.3 Å². The van der Waals surface area contributed by atoms with Crippen LogP contribution in [0.2, 0.25) is 0 Å². The predicted octanol–water partition coefficient (Wildman–Crippen LogP) is 3.31. The number of rotatable bonds is 4. The van der Waals surface area contributed by atoms with Gasteiger partial charge in [0.1, 0.15) is 5.82 Å². The smallest absolute Gasteiger partial charge is 0.370 e. The minimum atomic E-state index is -4.58. The van der Waals surface area contributed by atoms with Gasteiger partial charge in [0.2, 0.25) is 0 Å². The number of benzene rings is 1. The second-order valence-corrected chi connectivity index (χ2v) is 7.32. The first-order chi connectivity index (χ1) is 13.8. The Hall–Kier alpha value is -2.62. The summed E-state index contributed by atoms with van der Waals surface area (Å²) in [7, 11) is 0. The van der Waals surface area contributed by atoms with Gasteiger partial charge in [0, 0.05) is 31.0 Å². The van der Waals surface area contributed by atoms with Crippen molar-refractivity contribution in [3.8, 4) is 0 Å². The molecule has 0 saturated carbocycles. The van der Waals surface area contributed by atoms with Crippen LogP contribution in [-0.2, 0) is 17.5 Å². The number of nitrogens with zero attached hydrogens (tertiary/aromatic N) is 4. The van der Waals surface area contributed by atoms with Crippen LogP contribution >= 0.6 is 0 Å². The van der Waals surface area contributed by atoms with E-state index in [1.807, 2.05) is 10.8 Å². The Balaban J connectivity index is 1.23. The minimum absolute atomic E-state index is 0.0606. The Morgan fingerprint density at radius 3 is 2.66 bits per heavy atom. The van der Waals surface area contributed by atoms with Crippen molar-refractivity contribution in [2.75, 3.05) is 26.2 Å². The van der Waals surface area contributed by atoms with Gasteiger partial charge in [0.05, 0.1) is 43.7 Å². The third kappa shape index (κ3) is 4.21. The van der Waals surface area contributed by atoms with E-state index in [4.69, 9.17) is 4.74 Å². The van der Waals surface area contributed by atoms with Crippen LogP contribution in [0.4, 0.5) is 22.4 Å². The van der Waals surface area contributed by atoms with E-state index in [-0.39, 0.29) is 30.3 Å². The maximum atomic E-state index is 13.9. The molecule has 2 amide bonds. The molecule has 2 aliphatic heterocycles. The molecular weight excluding hydrogens is 392 g/mol. The zero-order chi connectivity index (χ0) is 20.6. The van der Waals surface area contributed by atoms with E-state index in [0.717, 1.165) is 18.6 Å². The number of amides is 2. The summed E-state index contributed by atoms with van der Waals surface area (Å²) < 4.78 is 59.2.